The Kier molecular flexibility index (Phi) is 8.62. The first-order valence-corrected chi connectivity index (χ1v) is 5.27. The van der Waals surface area contributed by atoms with E-state index in [4.69, 9.17) is 5.26 Å². The second kappa shape index (κ2) is 9.72. The molecule has 0 aliphatic heterocycles. The van der Waals surface area contributed by atoms with E-state index < -0.39 is 6.10 Å². The smallest absolute Gasteiger partial charge is 0.303 e. The fraction of sp³-hybridized carbons (Fsp3) is 0.385. The zero-order chi connectivity index (χ0) is 12.2. The summed E-state index contributed by atoms with van der Waals surface area (Å²) in [6.45, 7) is 3.24. The maximum Gasteiger partial charge on any atom is 0.303 e. The van der Waals surface area contributed by atoms with Crippen LogP contribution in [0.15, 0.2) is 36.4 Å². The van der Waals surface area contributed by atoms with Crippen molar-refractivity contribution in [1.82, 2.24) is 0 Å². The summed E-state index contributed by atoms with van der Waals surface area (Å²) < 4.78 is 4.64. The van der Waals surface area contributed by atoms with Crippen molar-refractivity contribution >= 4 is 5.97 Å². The first-order valence-electron chi connectivity index (χ1n) is 5.27. The van der Waals surface area contributed by atoms with E-state index in [2.05, 4.69) is 4.74 Å². The van der Waals surface area contributed by atoms with Gasteiger partial charge in [0.1, 0.15) is 6.07 Å². The number of nitrogens with zero attached hydrogens (tertiary/aromatic N) is 1. The highest BCUT2D eigenvalue weighted by Crippen LogP contribution is 2.00. The van der Waals surface area contributed by atoms with Gasteiger partial charge in [-0.25, -0.2) is 0 Å². The Morgan fingerprint density at radius 3 is 1.94 bits per heavy atom. The highest BCUT2D eigenvalue weighted by atomic mass is 16.5. The van der Waals surface area contributed by atoms with Gasteiger partial charge in [-0.05, 0) is 6.42 Å². The molecule has 0 N–H and O–H groups in total. The van der Waals surface area contributed by atoms with Crippen molar-refractivity contribution in [2.75, 3.05) is 0 Å². The Balaban J connectivity index is 0.000000315. The molecule has 0 bridgehead atoms. The topological polar surface area (TPSA) is 50.1 Å². The van der Waals surface area contributed by atoms with E-state index in [0.717, 1.165) is 6.42 Å². The zero-order valence-electron chi connectivity index (χ0n) is 9.72. The van der Waals surface area contributed by atoms with Crippen LogP contribution in [0, 0.1) is 11.3 Å². The molecule has 0 amide bonds. The predicted octanol–water partition coefficient (Wildman–Crippen LogP) is 2.93. The van der Waals surface area contributed by atoms with Gasteiger partial charge in [0.05, 0.1) is 0 Å². The Morgan fingerprint density at radius 1 is 1.25 bits per heavy atom. The van der Waals surface area contributed by atoms with Crippen LogP contribution in [0.5, 0.6) is 0 Å². The number of benzene rings is 1. The van der Waals surface area contributed by atoms with Crippen molar-refractivity contribution < 1.29 is 9.53 Å². The lowest BCUT2D eigenvalue weighted by atomic mass is 10.2. The second-order valence-corrected chi connectivity index (χ2v) is 3.17. The summed E-state index contributed by atoms with van der Waals surface area (Å²) in [4.78, 5) is 10.3. The third kappa shape index (κ3) is 8.76. The maximum absolute atomic E-state index is 10.3. The third-order valence-electron chi connectivity index (χ3n) is 1.67. The molecular weight excluding hydrogens is 202 g/mol. The van der Waals surface area contributed by atoms with E-state index in [9.17, 15) is 4.79 Å². The van der Waals surface area contributed by atoms with Crippen LogP contribution in [0.4, 0.5) is 0 Å². The molecule has 1 aromatic carbocycles. The molecule has 1 unspecified atom stereocenters. The minimum atomic E-state index is -0.553. The summed E-state index contributed by atoms with van der Waals surface area (Å²) >= 11 is 0. The van der Waals surface area contributed by atoms with Gasteiger partial charge in [0.2, 0.25) is 0 Å². The van der Waals surface area contributed by atoms with Gasteiger partial charge in [-0.3, -0.25) is 4.79 Å². The number of esters is 1. The van der Waals surface area contributed by atoms with Crippen LogP contribution in [0.3, 0.4) is 0 Å². The van der Waals surface area contributed by atoms with Crippen molar-refractivity contribution in [2.24, 2.45) is 0 Å². The van der Waals surface area contributed by atoms with E-state index in [1.54, 1.807) is 0 Å². The lowest BCUT2D eigenvalue weighted by Crippen LogP contribution is -2.13. The second-order valence-electron chi connectivity index (χ2n) is 3.17. The lowest BCUT2D eigenvalue weighted by molar-refractivity contribution is -0.144. The van der Waals surface area contributed by atoms with Gasteiger partial charge in [-0.1, -0.05) is 49.7 Å². The monoisotopic (exact) mass is 219 g/mol. The van der Waals surface area contributed by atoms with Crippen molar-refractivity contribution in [1.29, 1.82) is 5.26 Å². The number of hydrogen-bond acceptors (Lipinski definition) is 3. The molecule has 0 heterocycles. The molecule has 0 spiro atoms. The first kappa shape index (κ1) is 14.2. The normalized spacial score (nSPS) is 10.3. The number of rotatable bonds is 3. The third-order valence-corrected chi connectivity index (χ3v) is 1.67. The van der Waals surface area contributed by atoms with Crippen molar-refractivity contribution in [3.63, 3.8) is 0 Å². The van der Waals surface area contributed by atoms with Gasteiger partial charge >= 0.3 is 5.97 Å². The van der Waals surface area contributed by atoms with Crippen LogP contribution in [0.1, 0.15) is 26.7 Å². The summed E-state index contributed by atoms with van der Waals surface area (Å²) in [7, 11) is 0. The average Bonchev–Trinajstić information content (AvgIpc) is 2.31. The van der Waals surface area contributed by atoms with Crippen molar-refractivity contribution in [3.05, 3.63) is 36.4 Å². The van der Waals surface area contributed by atoms with Gasteiger partial charge in [-0.15, -0.1) is 0 Å². The fourth-order valence-electron chi connectivity index (χ4n) is 0.997. The van der Waals surface area contributed by atoms with Crippen LogP contribution in [-0.4, -0.2) is 12.1 Å². The largest absolute Gasteiger partial charge is 0.447 e. The molecule has 0 saturated carbocycles. The highest BCUT2D eigenvalue weighted by Gasteiger charge is 2.07. The van der Waals surface area contributed by atoms with E-state index in [1.807, 2.05) is 49.4 Å². The van der Waals surface area contributed by atoms with Gasteiger partial charge in [0.25, 0.3) is 0 Å². The molecule has 16 heavy (non-hydrogen) atoms. The molecule has 1 rings (SSSR count). The van der Waals surface area contributed by atoms with E-state index in [-0.39, 0.29) is 5.97 Å². The van der Waals surface area contributed by atoms with Crippen molar-refractivity contribution in [3.8, 4) is 6.07 Å². The molecule has 0 aliphatic carbocycles. The average molecular weight is 219 g/mol. The summed E-state index contributed by atoms with van der Waals surface area (Å²) in [6, 6.07) is 13.9. The standard InChI is InChI=1S/C7H11NO2.C6H6/c1-3-4-7(5-8)10-6(2)9;1-2-4-6-5-3-1/h7H,3-4H2,1-2H3;1-6H. The molecule has 0 aliphatic rings. The minimum Gasteiger partial charge on any atom is -0.447 e. The number of carbonyl (C=O) groups excluding carboxylic acids is 1. The van der Waals surface area contributed by atoms with Crippen LogP contribution >= 0.6 is 0 Å². The Labute approximate surface area is 96.7 Å². The number of ether oxygens (including phenoxy) is 1. The van der Waals surface area contributed by atoms with Crippen LogP contribution in [-0.2, 0) is 9.53 Å². The molecule has 0 saturated heterocycles. The Bertz CT molecular complexity index is 290. The molecule has 1 atom stereocenters. The van der Waals surface area contributed by atoms with Gasteiger partial charge in [0.15, 0.2) is 6.10 Å². The van der Waals surface area contributed by atoms with Crippen LogP contribution in [0.25, 0.3) is 0 Å². The van der Waals surface area contributed by atoms with Gasteiger partial charge in [0, 0.05) is 6.92 Å². The van der Waals surface area contributed by atoms with Gasteiger partial charge < -0.3 is 4.74 Å². The van der Waals surface area contributed by atoms with Gasteiger partial charge in [-0.2, -0.15) is 5.26 Å². The first-order chi connectivity index (χ1) is 7.70. The molecule has 86 valence electrons. The molecule has 0 fully saturated rings. The SMILES string of the molecule is CCCC(C#N)OC(C)=O.c1ccccc1. The van der Waals surface area contributed by atoms with Crippen LogP contribution < -0.4 is 0 Å². The molecule has 3 nitrogen and oxygen atoms in total. The number of nitriles is 1. The predicted molar refractivity (Wildman–Crippen MR) is 62.5 cm³/mol. The number of carbonyl (C=O) groups is 1. The quantitative estimate of drug-likeness (QED) is 0.734. The van der Waals surface area contributed by atoms with E-state index >= 15 is 0 Å². The summed E-state index contributed by atoms with van der Waals surface area (Å²) in [6.07, 6.45) is 0.921. The number of hydrogen-bond donors (Lipinski definition) is 0. The summed E-state index contributed by atoms with van der Waals surface area (Å²) in [5.41, 5.74) is 0. The van der Waals surface area contributed by atoms with E-state index in [1.165, 1.54) is 6.92 Å². The fourth-order valence-corrected chi connectivity index (χ4v) is 0.997. The highest BCUT2D eigenvalue weighted by molar-refractivity contribution is 5.66. The Hall–Kier alpha value is -1.82. The van der Waals surface area contributed by atoms with Crippen LogP contribution in [0.2, 0.25) is 0 Å². The Morgan fingerprint density at radius 2 is 1.69 bits per heavy atom. The molecule has 3 heteroatoms. The molecule has 0 radical (unpaired) electrons. The molecule has 0 aromatic heterocycles. The summed E-state index contributed by atoms with van der Waals surface area (Å²) in [5.74, 6) is -0.389. The maximum atomic E-state index is 10.3. The lowest BCUT2D eigenvalue weighted by Gasteiger charge is -2.05. The summed E-state index contributed by atoms with van der Waals surface area (Å²) in [5, 5.41) is 8.38. The molecule has 1 aromatic rings. The van der Waals surface area contributed by atoms with E-state index in [0.29, 0.717) is 6.42 Å². The van der Waals surface area contributed by atoms with Crippen molar-refractivity contribution in [2.45, 2.75) is 32.8 Å². The molecular formula is C13H17NO2. The zero-order valence-corrected chi connectivity index (χ0v) is 9.72. The minimum absolute atomic E-state index is 0.389.